The zero-order valence-corrected chi connectivity index (χ0v) is 17.7. The Balaban J connectivity index is 1.76. The number of fused-ring (bicyclic) bond motifs is 3. The van der Waals surface area contributed by atoms with E-state index < -0.39 is 0 Å². The molecule has 6 rings (SSSR count). The molecule has 4 aromatic carbocycles. The number of benzene rings is 4. The molecule has 2 aliphatic carbocycles. The summed E-state index contributed by atoms with van der Waals surface area (Å²) in [6, 6.07) is 23.8. The molecule has 0 saturated heterocycles. The van der Waals surface area contributed by atoms with Crippen LogP contribution in [-0.4, -0.2) is 11.4 Å². The molecule has 0 aromatic heterocycles. The van der Waals surface area contributed by atoms with Gasteiger partial charge in [-0.2, -0.15) is 0 Å². The Morgan fingerprint density at radius 3 is 2.16 bits per heavy atom. The van der Waals surface area contributed by atoms with Crippen molar-refractivity contribution in [2.75, 3.05) is 0 Å². The quantitative estimate of drug-likeness (QED) is 0.319. The van der Waals surface area contributed by atoms with E-state index in [1.807, 2.05) is 12.2 Å². The lowest BCUT2D eigenvalue weighted by Gasteiger charge is -2.25. The van der Waals surface area contributed by atoms with E-state index in [1.165, 1.54) is 49.4 Å². The van der Waals surface area contributed by atoms with Gasteiger partial charge in [0.1, 0.15) is 0 Å². The minimum absolute atomic E-state index is 0.259. The van der Waals surface area contributed by atoms with E-state index in [9.17, 15) is 0 Å². The van der Waals surface area contributed by atoms with Gasteiger partial charge in [0.15, 0.2) is 0 Å². The predicted octanol–water partition coefficient (Wildman–Crippen LogP) is 7.61. The van der Waals surface area contributed by atoms with Crippen LogP contribution in [0.5, 0.6) is 0 Å². The maximum absolute atomic E-state index is 8.22. The van der Waals surface area contributed by atoms with Gasteiger partial charge in [-0.15, -0.1) is 0 Å². The van der Waals surface area contributed by atoms with Crippen LogP contribution in [0.1, 0.15) is 23.1 Å². The molecule has 0 radical (unpaired) electrons. The monoisotopic (exact) mass is 410 g/mol. The molecule has 2 N–H and O–H groups in total. The minimum Gasteiger partial charge on any atom is -0.299 e. The van der Waals surface area contributed by atoms with E-state index in [1.54, 1.807) is 6.08 Å². The van der Waals surface area contributed by atoms with Crippen LogP contribution in [0.15, 0.2) is 91.0 Å². The van der Waals surface area contributed by atoms with Crippen molar-refractivity contribution in [3.8, 4) is 11.1 Å². The highest BCUT2D eigenvalue weighted by Crippen LogP contribution is 2.44. The Hall–Kier alpha value is -4.04. The van der Waals surface area contributed by atoms with Gasteiger partial charge >= 0.3 is 0 Å². The van der Waals surface area contributed by atoms with E-state index in [-0.39, 0.29) is 11.4 Å². The van der Waals surface area contributed by atoms with E-state index in [0.717, 1.165) is 18.4 Å². The van der Waals surface area contributed by atoms with E-state index in [4.69, 9.17) is 10.8 Å². The molecule has 2 nitrogen and oxygen atoms in total. The first-order chi connectivity index (χ1) is 15.7. The molecule has 0 atom stereocenters. The maximum atomic E-state index is 8.22. The van der Waals surface area contributed by atoms with Crippen molar-refractivity contribution < 1.29 is 0 Å². The van der Waals surface area contributed by atoms with Crippen molar-refractivity contribution >= 4 is 44.6 Å². The Morgan fingerprint density at radius 1 is 0.625 bits per heavy atom. The van der Waals surface area contributed by atoms with E-state index in [0.29, 0.717) is 0 Å². The van der Waals surface area contributed by atoms with Gasteiger partial charge in [-0.3, -0.25) is 10.8 Å². The Morgan fingerprint density at radius 2 is 1.34 bits per heavy atom. The largest absolute Gasteiger partial charge is 0.299 e. The summed E-state index contributed by atoms with van der Waals surface area (Å²) in [7, 11) is 0. The van der Waals surface area contributed by atoms with Crippen molar-refractivity contribution in [1.82, 2.24) is 0 Å². The lowest BCUT2D eigenvalue weighted by atomic mass is 9.78. The fourth-order valence-corrected chi connectivity index (χ4v) is 5.15. The Labute approximate surface area is 187 Å². The van der Waals surface area contributed by atoms with Gasteiger partial charge in [-0.1, -0.05) is 85.0 Å². The third-order valence-electron chi connectivity index (χ3n) is 6.57. The molecule has 0 heterocycles. The number of hydrogen-bond acceptors (Lipinski definition) is 2. The summed E-state index contributed by atoms with van der Waals surface area (Å²) in [4.78, 5) is 0. The lowest BCUT2D eigenvalue weighted by molar-refractivity contribution is 0.990. The molecule has 0 amide bonds. The van der Waals surface area contributed by atoms with Crippen molar-refractivity contribution in [2.24, 2.45) is 0 Å². The minimum atomic E-state index is 0.259. The molecule has 2 aliphatic rings. The third-order valence-corrected chi connectivity index (χ3v) is 6.57. The second-order valence-electron chi connectivity index (χ2n) is 8.42. The Bertz CT molecular complexity index is 1540. The summed E-state index contributed by atoms with van der Waals surface area (Å²) in [5.74, 6) is 0. The first-order valence-electron chi connectivity index (χ1n) is 11.0. The van der Waals surface area contributed by atoms with Gasteiger partial charge in [0, 0.05) is 0 Å². The van der Waals surface area contributed by atoms with Gasteiger partial charge in [0.05, 0.1) is 11.4 Å². The van der Waals surface area contributed by atoms with Crippen molar-refractivity contribution in [3.63, 3.8) is 0 Å². The zero-order chi connectivity index (χ0) is 21.7. The molecule has 0 aliphatic heterocycles. The standard InChI is InChI=1S/C30H22N2/c31-27-17-16-20(18-28(27)32)29-23-11-3-5-13-25(23)30(26-14-6-4-12-24(26)29)22-15-7-9-19-8-1-2-10-21(19)22/h1-5,7-13,15-18,31-32H,6,14H2. The summed E-state index contributed by atoms with van der Waals surface area (Å²) in [5, 5.41) is 21.1. The highest BCUT2D eigenvalue weighted by atomic mass is 14.5. The molecule has 0 bridgehead atoms. The molecule has 0 saturated carbocycles. The van der Waals surface area contributed by atoms with Crippen molar-refractivity contribution in [1.29, 1.82) is 10.8 Å². The number of rotatable bonds is 2. The molecular weight excluding hydrogens is 388 g/mol. The zero-order valence-electron chi connectivity index (χ0n) is 17.7. The highest BCUT2D eigenvalue weighted by molar-refractivity contribution is 6.50. The first-order valence-corrected chi connectivity index (χ1v) is 11.0. The van der Waals surface area contributed by atoms with Crippen LogP contribution in [0.3, 0.4) is 0 Å². The third kappa shape index (κ3) is 2.80. The summed E-state index contributed by atoms with van der Waals surface area (Å²) < 4.78 is 0. The van der Waals surface area contributed by atoms with Crippen LogP contribution in [-0.2, 0) is 6.42 Å². The van der Waals surface area contributed by atoms with Crippen LogP contribution in [0.2, 0.25) is 0 Å². The fraction of sp³-hybridized carbons (Fsp3) is 0.0667. The van der Waals surface area contributed by atoms with Gasteiger partial charge in [0.25, 0.3) is 0 Å². The first kappa shape index (κ1) is 18.7. The van der Waals surface area contributed by atoms with Gasteiger partial charge in [-0.25, -0.2) is 0 Å². The van der Waals surface area contributed by atoms with Crippen molar-refractivity contribution in [2.45, 2.75) is 12.8 Å². The van der Waals surface area contributed by atoms with Crippen LogP contribution < -0.4 is 0 Å². The molecule has 4 aromatic rings. The summed E-state index contributed by atoms with van der Waals surface area (Å²) >= 11 is 0. The summed E-state index contributed by atoms with van der Waals surface area (Å²) in [6.45, 7) is 0. The predicted molar refractivity (Wildman–Crippen MR) is 137 cm³/mol. The average molecular weight is 411 g/mol. The topological polar surface area (TPSA) is 47.7 Å². The molecule has 0 fully saturated rings. The number of allylic oxidation sites excluding steroid dienone is 5. The van der Waals surface area contributed by atoms with Crippen LogP contribution in [0, 0.1) is 10.8 Å². The number of hydrogen-bond donors (Lipinski definition) is 2. The second-order valence-corrected chi connectivity index (χ2v) is 8.42. The molecule has 0 spiro atoms. The van der Waals surface area contributed by atoms with Crippen LogP contribution in [0.25, 0.3) is 44.3 Å². The maximum Gasteiger partial charge on any atom is 0.0795 e. The highest BCUT2D eigenvalue weighted by Gasteiger charge is 2.23. The average Bonchev–Trinajstić information content (AvgIpc) is 2.84. The van der Waals surface area contributed by atoms with Gasteiger partial charge in [-0.05, 0) is 79.9 Å². The molecular formula is C30H22N2. The summed E-state index contributed by atoms with van der Waals surface area (Å²) in [6.07, 6.45) is 12.1. The van der Waals surface area contributed by atoms with Gasteiger partial charge < -0.3 is 0 Å². The SMILES string of the molecule is N=C1C=CC(c2c3c(c(-c4cccc5ccccc45)c4ccccc24)CCC=C3)=CC1=N. The summed E-state index contributed by atoms with van der Waals surface area (Å²) in [5.41, 5.74) is 7.92. The molecule has 2 heteroatoms. The fourth-order valence-electron chi connectivity index (χ4n) is 5.15. The lowest BCUT2D eigenvalue weighted by Crippen LogP contribution is -2.11. The Kier molecular flexibility index (Phi) is 4.26. The van der Waals surface area contributed by atoms with Crippen LogP contribution in [0.4, 0.5) is 0 Å². The number of nitrogens with one attached hydrogen (secondary N) is 2. The second kappa shape index (κ2) is 7.28. The molecule has 32 heavy (non-hydrogen) atoms. The normalized spacial score (nSPS) is 15.3. The van der Waals surface area contributed by atoms with E-state index in [2.05, 4.69) is 78.9 Å². The van der Waals surface area contributed by atoms with Gasteiger partial charge in [0.2, 0.25) is 0 Å². The van der Waals surface area contributed by atoms with E-state index >= 15 is 0 Å². The molecule has 152 valence electrons. The van der Waals surface area contributed by atoms with Crippen LogP contribution >= 0.6 is 0 Å². The van der Waals surface area contributed by atoms with Crippen molar-refractivity contribution in [3.05, 3.63) is 108 Å². The molecule has 0 unspecified atom stereocenters. The smallest absolute Gasteiger partial charge is 0.0795 e.